The van der Waals surface area contributed by atoms with Crippen LogP contribution in [0.15, 0.2) is 47.5 Å². The highest BCUT2D eigenvalue weighted by Crippen LogP contribution is 2.18. The molecule has 3 rings (SSSR count). The van der Waals surface area contributed by atoms with E-state index >= 15 is 0 Å². The number of hydrogen-bond donors (Lipinski definition) is 2. The monoisotopic (exact) mass is 373 g/mol. The molecule has 9 heteroatoms. The normalized spacial score (nSPS) is 11.7. The number of benzene rings is 1. The van der Waals surface area contributed by atoms with Gasteiger partial charge in [0.15, 0.2) is 5.65 Å². The van der Waals surface area contributed by atoms with Gasteiger partial charge >= 0.3 is 0 Å². The highest BCUT2D eigenvalue weighted by molar-refractivity contribution is 7.92. The van der Waals surface area contributed by atoms with Crippen LogP contribution >= 0.6 is 0 Å². The molecule has 136 valence electrons. The van der Waals surface area contributed by atoms with Crippen LogP contribution in [0.5, 0.6) is 0 Å². The molecule has 0 aliphatic heterocycles. The zero-order valence-corrected chi connectivity index (χ0v) is 15.4. The molecule has 0 aliphatic rings. The first-order valence-corrected chi connectivity index (χ1v) is 9.50. The number of aryl methyl sites for hydroxylation is 1. The summed E-state index contributed by atoms with van der Waals surface area (Å²) in [7, 11) is -3.83. The van der Waals surface area contributed by atoms with E-state index in [4.69, 9.17) is 0 Å². The topological polar surface area (TPSA) is 105 Å². The molecule has 0 saturated carbocycles. The lowest BCUT2D eigenvalue weighted by Crippen LogP contribution is -2.18. The lowest BCUT2D eigenvalue weighted by atomic mass is 10.2. The second kappa shape index (κ2) is 6.75. The molecule has 2 N–H and O–H groups in total. The van der Waals surface area contributed by atoms with Gasteiger partial charge in [0.2, 0.25) is 11.9 Å². The zero-order valence-electron chi connectivity index (χ0n) is 14.6. The van der Waals surface area contributed by atoms with Crippen LogP contribution in [0.1, 0.15) is 19.4 Å². The van der Waals surface area contributed by atoms with E-state index in [9.17, 15) is 13.2 Å². The van der Waals surface area contributed by atoms with Crippen LogP contribution in [0.4, 0.5) is 11.6 Å². The maximum atomic E-state index is 12.6. The largest absolute Gasteiger partial charge is 0.326 e. The summed E-state index contributed by atoms with van der Waals surface area (Å²) in [5, 5.41) is 10.6. The molecule has 3 aromatic rings. The third-order valence-electron chi connectivity index (χ3n) is 3.75. The lowest BCUT2D eigenvalue weighted by molar-refractivity contribution is -0.118. The van der Waals surface area contributed by atoms with Crippen molar-refractivity contribution in [3.63, 3.8) is 0 Å². The van der Waals surface area contributed by atoms with E-state index in [1.165, 1.54) is 12.1 Å². The van der Waals surface area contributed by atoms with Crippen molar-refractivity contribution in [3.05, 3.63) is 48.2 Å². The summed E-state index contributed by atoms with van der Waals surface area (Å²) in [5.74, 6) is -0.189. The number of aromatic nitrogens is 3. The average Bonchev–Trinajstić information content (AvgIpc) is 2.96. The molecule has 0 saturated heterocycles. The van der Waals surface area contributed by atoms with Gasteiger partial charge in [-0.25, -0.2) is 13.1 Å². The molecule has 0 fully saturated rings. The Labute approximate surface area is 151 Å². The lowest BCUT2D eigenvalue weighted by Gasteiger charge is -2.09. The fourth-order valence-electron chi connectivity index (χ4n) is 2.25. The van der Waals surface area contributed by atoms with Gasteiger partial charge in [-0.1, -0.05) is 13.8 Å². The Bertz CT molecular complexity index is 1060. The van der Waals surface area contributed by atoms with Crippen LogP contribution < -0.4 is 10.0 Å². The van der Waals surface area contributed by atoms with E-state index in [0.29, 0.717) is 11.3 Å². The Morgan fingerprint density at radius 1 is 1.12 bits per heavy atom. The molecule has 0 unspecified atom stereocenters. The number of rotatable bonds is 5. The molecule has 0 radical (unpaired) electrons. The molecule has 26 heavy (non-hydrogen) atoms. The van der Waals surface area contributed by atoms with Gasteiger partial charge in [-0.15, -0.1) is 10.2 Å². The number of amides is 1. The Balaban J connectivity index is 1.82. The minimum Gasteiger partial charge on any atom is -0.326 e. The summed E-state index contributed by atoms with van der Waals surface area (Å²) in [6.45, 7) is 5.48. The molecular weight excluding hydrogens is 354 g/mol. The molecular formula is C17H19N5O3S. The summed E-state index contributed by atoms with van der Waals surface area (Å²) in [6.07, 6.45) is 1.70. The summed E-state index contributed by atoms with van der Waals surface area (Å²) >= 11 is 0. The van der Waals surface area contributed by atoms with Crippen LogP contribution in [-0.2, 0) is 14.8 Å². The first kappa shape index (κ1) is 17.9. The van der Waals surface area contributed by atoms with Gasteiger partial charge in [-0.3, -0.25) is 9.20 Å². The minimum absolute atomic E-state index is 0.0592. The van der Waals surface area contributed by atoms with E-state index < -0.39 is 10.0 Å². The first-order valence-electron chi connectivity index (χ1n) is 8.01. The summed E-state index contributed by atoms with van der Waals surface area (Å²) < 4.78 is 29.1. The molecule has 2 heterocycles. The van der Waals surface area contributed by atoms with Gasteiger partial charge in [0.05, 0.1) is 4.90 Å². The van der Waals surface area contributed by atoms with Gasteiger partial charge < -0.3 is 5.32 Å². The number of hydrogen-bond acceptors (Lipinski definition) is 5. The van der Waals surface area contributed by atoms with Crippen LogP contribution in [0.3, 0.4) is 0 Å². The van der Waals surface area contributed by atoms with Crippen molar-refractivity contribution < 1.29 is 13.2 Å². The van der Waals surface area contributed by atoms with Gasteiger partial charge in [-0.2, -0.15) is 0 Å². The fraction of sp³-hybridized carbons (Fsp3) is 0.235. The van der Waals surface area contributed by atoms with Gasteiger partial charge in [0, 0.05) is 17.8 Å². The highest BCUT2D eigenvalue weighted by atomic mass is 32.2. The summed E-state index contributed by atoms with van der Waals surface area (Å²) in [4.78, 5) is 11.8. The maximum Gasteiger partial charge on any atom is 0.264 e. The van der Waals surface area contributed by atoms with Crippen molar-refractivity contribution in [1.82, 2.24) is 14.6 Å². The predicted octanol–water partition coefficient (Wildman–Crippen LogP) is 2.43. The van der Waals surface area contributed by atoms with E-state index in [1.54, 1.807) is 42.6 Å². The van der Waals surface area contributed by atoms with Gasteiger partial charge in [0.1, 0.15) is 0 Å². The SMILES string of the molecule is Cc1ccn2c(NS(=O)(=O)c3ccc(NC(=O)C(C)C)cc3)nnc2c1. The molecule has 1 aromatic carbocycles. The number of carbonyl (C=O) groups is 1. The van der Waals surface area contributed by atoms with Crippen molar-refractivity contribution >= 4 is 33.2 Å². The molecule has 1 amide bonds. The summed E-state index contributed by atoms with van der Waals surface area (Å²) in [6, 6.07) is 9.56. The Hall–Kier alpha value is -2.94. The number of nitrogens with one attached hydrogen (secondary N) is 2. The van der Waals surface area contributed by atoms with E-state index in [-0.39, 0.29) is 22.7 Å². The first-order chi connectivity index (χ1) is 12.3. The molecule has 0 spiro atoms. The van der Waals surface area contributed by atoms with Gasteiger partial charge in [0.25, 0.3) is 10.0 Å². The van der Waals surface area contributed by atoms with E-state index in [1.807, 2.05) is 13.0 Å². The minimum atomic E-state index is -3.83. The number of pyridine rings is 1. The fourth-order valence-corrected chi connectivity index (χ4v) is 3.24. The Kier molecular flexibility index (Phi) is 4.64. The van der Waals surface area contributed by atoms with Crippen LogP contribution in [-0.4, -0.2) is 28.9 Å². The molecule has 0 aliphatic carbocycles. The van der Waals surface area contributed by atoms with Crippen molar-refractivity contribution in [2.45, 2.75) is 25.7 Å². The van der Waals surface area contributed by atoms with Crippen LogP contribution in [0.2, 0.25) is 0 Å². The number of sulfonamides is 1. The third kappa shape index (κ3) is 3.67. The van der Waals surface area contributed by atoms with Crippen molar-refractivity contribution in [1.29, 1.82) is 0 Å². The molecule has 2 aromatic heterocycles. The third-order valence-corrected chi connectivity index (χ3v) is 5.09. The van der Waals surface area contributed by atoms with Crippen molar-refractivity contribution in [3.8, 4) is 0 Å². The second-order valence-corrected chi connectivity index (χ2v) is 7.91. The number of carbonyl (C=O) groups excluding carboxylic acids is 1. The van der Waals surface area contributed by atoms with E-state index in [2.05, 4.69) is 20.2 Å². The quantitative estimate of drug-likeness (QED) is 0.714. The Morgan fingerprint density at radius 2 is 1.81 bits per heavy atom. The number of nitrogens with zero attached hydrogens (tertiary/aromatic N) is 3. The zero-order chi connectivity index (χ0) is 18.9. The molecule has 0 bridgehead atoms. The predicted molar refractivity (Wildman–Crippen MR) is 98.4 cm³/mol. The highest BCUT2D eigenvalue weighted by Gasteiger charge is 2.18. The van der Waals surface area contributed by atoms with Crippen LogP contribution in [0, 0.1) is 12.8 Å². The van der Waals surface area contributed by atoms with Crippen molar-refractivity contribution in [2.24, 2.45) is 5.92 Å². The van der Waals surface area contributed by atoms with Gasteiger partial charge in [-0.05, 0) is 48.9 Å². The maximum absolute atomic E-state index is 12.6. The summed E-state index contributed by atoms with van der Waals surface area (Å²) in [5.41, 5.74) is 2.08. The number of fused-ring (bicyclic) bond motifs is 1. The van der Waals surface area contributed by atoms with Crippen LogP contribution in [0.25, 0.3) is 5.65 Å². The van der Waals surface area contributed by atoms with E-state index in [0.717, 1.165) is 5.56 Å². The molecule has 0 atom stereocenters. The van der Waals surface area contributed by atoms with Crippen molar-refractivity contribution in [2.75, 3.05) is 10.0 Å². The number of anilines is 2. The smallest absolute Gasteiger partial charge is 0.264 e. The standard InChI is InChI=1S/C17H19N5O3S/c1-11(2)16(23)18-13-4-6-14(7-5-13)26(24,25)21-17-20-19-15-10-12(3)8-9-22(15)17/h4-11H,1-3H3,(H,18,23)(H,20,21). The average molecular weight is 373 g/mol. The Morgan fingerprint density at radius 3 is 2.46 bits per heavy atom. The molecule has 8 nitrogen and oxygen atoms in total. The second-order valence-electron chi connectivity index (χ2n) is 6.23.